The molecular weight excluding hydrogens is 346 g/mol. The van der Waals surface area contributed by atoms with Gasteiger partial charge in [-0.1, -0.05) is 6.92 Å². The molecule has 0 aliphatic carbocycles. The number of nitrogens with zero attached hydrogens (tertiary/aromatic N) is 4. The molecule has 3 rings (SSSR count). The first-order valence-corrected chi connectivity index (χ1v) is 9.86. The molecule has 0 spiro atoms. The van der Waals surface area contributed by atoms with E-state index in [-0.39, 0.29) is 17.9 Å². The van der Waals surface area contributed by atoms with Crippen molar-refractivity contribution in [2.24, 2.45) is 11.8 Å². The standard InChI is InChI=1S/C19H29N5O3/c1-2-6-22-19(26)23-9-4-15(5-10-23)12-24-13-16(11-17(24)25)14-27-18-20-7-3-8-21-18/h3,7-8,15-16H,2,4-6,9-14H2,1H3,(H,22,26). The molecule has 2 aliphatic rings. The van der Waals surface area contributed by atoms with Gasteiger partial charge in [-0.05, 0) is 31.2 Å². The van der Waals surface area contributed by atoms with Gasteiger partial charge in [-0.25, -0.2) is 14.8 Å². The minimum atomic E-state index is 0.0351. The zero-order valence-corrected chi connectivity index (χ0v) is 16.0. The van der Waals surface area contributed by atoms with Crippen molar-refractivity contribution >= 4 is 11.9 Å². The number of urea groups is 1. The summed E-state index contributed by atoms with van der Waals surface area (Å²) >= 11 is 0. The number of carbonyl (C=O) groups is 2. The molecule has 0 saturated carbocycles. The Hall–Kier alpha value is -2.38. The average Bonchev–Trinajstić information content (AvgIpc) is 3.05. The van der Waals surface area contributed by atoms with Crippen LogP contribution in [0.2, 0.25) is 0 Å². The molecule has 148 valence electrons. The molecule has 3 amide bonds. The summed E-state index contributed by atoms with van der Waals surface area (Å²) in [5, 5.41) is 2.93. The minimum Gasteiger partial charge on any atom is -0.463 e. The number of rotatable bonds is 7. The quantitative estimate of drug-likeness (QED) is 0.781. The second kappa shape index (κ2) is 9.53. The number of piperidine rings is 1. The van der Waals surface area contributed by atoms with E-state index in [4.69, 9.17) is 4.74 Å². The lowest BCUT2D eigenvalue weighted by molar-refractivity contribution is -0.128. The molecule has 0 bridgehead atoms. The summed E-state index contributed by atoms with van der Waals surface area (Å²) in [4.78, 5) is 36.3. The summed E-state index contributed by atoms with van der Waals surface area (Å²) in [5.74, 6) is 0.836. The van der Waals surface area contributed by atoms with Crippen molar-refractivity contribution in [3.05, 3.63) is 18.5 Å². The Morgan fingerprint density at radius 1 is 1.26 bits per heavy atom. The highest BCUT2D eigenvalue weighted by Gasteiger charge is 2.33. The SMILES string of the molecule is CCCNC(=O)N1CCC(CN2CC(COc3ncccn3)CC2=O)CC1. The largest absolute Gasteiger partial charge is 0.463 e. The normalized spacial score (nSPS) is 20.8. The van der Waals surface area contributed by atoms with Crippen LogP contribution in [0.1, 0.15) is 32.6 Å². The van der Waals surface area contributed by atoms with Gasteiger partial charge in [-0.3, -0.25) is 4.79 Å². The van der Waals surface area contributed by atoms with Gasteiger partial charge in [0.15, 0.2) is 0 Å². The molecule has 8 nitrogen and oxygen atoms in total. The molecule has 3 heterocycles. The van der Waals surface area contributed by atoms with E-state index >= 15 is 0 Å². The van der Waals surface area contributed by atoms with Crippen molar-refractivity contribution in [3.8, 4) is 6.01 Å². The van der Waals surface area contributed by atoms with Gasteiger partial charge in [-0.15, -0.1) is 0 Å². The van der Waals surface area contributed by atoms with Gasteiger partial charge < -0.3 is 19.9 Å². The van der Waals surface area contributed by atoms with Crippen LogP contribution in [0.5, 0.6) is 6.01 Å². The van der Waals surface area contributed by atoms with Crippen molar-refractivity contribution in [1.82, 2.24) is 25.1 Å². The fraction of sp³-hybridized carbons (Fsp3) is 0.684. The molecule has 1 N–H and O–H groups in total. The molecule has 1 unspecified atom stereocenters. The first-order valence-electron chi connectivity index (χ1n) is 9.86. The van der Waals surface area contributed by atoms with Gasteiger partial charge in [0.2, 0.25) is 5.91 Å². The van der Waals surface area contributed by atoms with E-state index in [1.807, 2.05) is 16.7 Å². The third-order valence-corrected chi connectivity index (χ3v) is 5.19. The third-order valence-electron chi connectivity index (χ3n) is 5.19. The smallest absolute Gasteiger partial charge is 0.317 e. The first kappa shape index (κ1) is 19.4. The van der Waals surface area contributed by atoms with E-state index in [2.05, 4.69) is 15.3 Å². The Morgan fingerprint density at radius 2 is 2.00 bits per heavy atom. The van der Waals surface area contributed by atoms with Gasteiger partial charge in [0.1, 0.15) is 0 Å². The Bertz CT molecular complexity index is 619. The molecule has 27 heavy (non-hydrogen) atoms. The summed E-state index contributed by atoms with van der Waals surface area (Å²) < 4.78 is 5.60. The lowest BCUT2D eigenvalue weighted by Crippen LogP contribution is -2.46. The first-order chi connectivity index (χ1) is 13.2. The highest BCUT2D eigenvalue weighted by Crippen LogP contribution is 2.24. The van der Waals surface area contributed by atoms with Crippen LogP contribution in [-0.4, -0.2) is 71.0 Å². The topological polar surface area (TPSA) is 87.7 Å². The van der Waals surface area contributed by atoms with E-state index in [9.17, 15) is 9.59 Å². The number of hydrogen-bond donors (Lipinski definition) is 1. The molecule has 1 aromatic rings. The fourth-order valence-corrected chi connectivity index (χ4v) is 3.67. The number of aromatic nitrogens is 2. The summed E-state index contributed by atoms with van der Waals surface area (Å²) in [7, 11) is 0. The molecule has 0 aromatic carbocycles. The summed E-state index contributed by atoms with van der Waals surface area (Å²) in [6.07, 6.45) is 6.64. The van der Waals surface area contributed by atoms with Gasteiger partial charge in [-0.2, -0.15) is 0 Å². The Balaban J connectivity index is 1.38. The van der Waals surface area contributed by atoms with Crippen LogP contribution in [0.15, 0.2) is 18.5 Å². The molecule has 2 aliphatic heterocycles. The average molecular weight is 375 g/mol. The van der Waals surface area contributed by atoms with Crippen LogP contribution in [0.25, 0.3) is 0 Å². The Labute approximate surface area is 160 Å². The Kier molecular flexibility index (Phi) is 6.84. The number of nitrogens with one attached hydrogen (secondary N) is 1. The summed E-state index contributed by atoms with van der Waals surface area (Å²) in [5.41, 5.74) is 0. The number of carbonyl (C=O) groups excluding carboxylic acids is 2. The fourth-order valence-electron chi connectivity index (χ4n) is 3.67. The minimum absolute atomic E-state index is 0.0351. The van der Waals surface area contributed by atoms with Crippen molar-refractivity contribution in [3.63, 3.8) is 0 Å². The van der Waals surface area contributed by atoms with E-state index in [1.54, 1.807) is 18.5 Å². The van der Waals surface area contributed by atoms with Crippen LogP contribution >= 0.6 is 0 Å². The number of amides is 3. The van der Waals surface area contributed by atoms with Crippen LogP contribution < -0.4 is 10.1 Å². The highest BCUT2D eigenvalue weighted by atomic mass is 16.5. The maximum absolute atomic E-state index is 12.3. The van der Waals surface area contributed by atoms with Crippen LogP contribution in [0.3, 0.4) is 0 Å². The molecule has 1 atom stereocenters. The predicted molar refractivity (Wildman–Crippen MR) is 100 cm³/mol. The van der Waals surface area contributed by atoms with Crippen molar-refractivity contribution in [2.75, 3.05) is 39.3 Å². The molecule has 8 heteroatoms. The van der Waals surface area contributed by atoms with Gasteiger partial charge >= 0.3 is 12.0 Å². The predicted octanol–water partition coefficient (Wildman–Crippen LogP) is 1.54. The third kappa shape index (κ3) is 5.55. The maximum atomic E-state index is 12.3. The molecule has 2 fully saturated rings. The molecule has 1 aromatic heterocycles. The summed E-state index contributed by atoms with van der Waals surface area (Å²) in [6.45, 7) is 6.26. The summed E-state index contributed by atoms with van der Waals surface area (Å²) in [6, 6.07) is 2.14. The Morgan fingerprint density at radius 3 is 2.70 bits per heavy atom. The van der Waals surface area contributed by atoms with Crippen LogP contribution in [0.4, 0.5) is 4.79 Å². The molecule has 0 radical (unpaired) electrons. The molecular formula is C19H29N5O3. The van der Waals surface area contributed by atoms with Crippen molar-refractivity contribution in [2.45, 2.75) is 32.6 Å². The zero-order chi connectivity index (χ0) is 19.1. The van der Waals surface area contributed by atoms with E-state index in [0.29, 0.717) is 25.0 Å². The monoisotopic (exact) mass is 375 g/mol. The van der Waals surface area contributed by atoms with Crippen LogP contribution in [0, 0.1) is 11.8 Å². The van der Waals surface area contributed by atoms with Crippen molar-refractivity contribution in [1.29, 1.82) is 0 Å². The van der Waals surface area contributed by atoms with E-state index < -0.39 is 0 Å². The zero-order valence-electron chi connectivity index (χ0n) is 16.0. The number of hydrogen-bond acceptors (Lipinski definition) is 5. The lowest BCUT2D eigenvalue weighted by Gasteiger charge is -2.34. The second-order valence-corrected chi connectivity index (χ2v) is 7.37. The number of likely N-dealkylation sites (tertiary alicyclic amines) is 2. The maximum Gasteiger partial charge on any atom is 0.317 e. The van der Waals surface area contributed by atoms with Crippen LogP contribution in [-0.2, 0) is 4.79 Å². The van der Waals surface area contributed by atoms with E-state index in [1.165, 1.54) is 0 Å². The van der Waals surface area contributed by atoms with E-state index in [0.717, 1.165) is 52.0 Å². The lowest BCUT2D eigenvalue weighted by atomic mass is 9.96. The van der Waals surface area contributed by atoms with Gasteiger partial charge in [0, 0.05) is 57.5 Å². The highest BCUT2D eigenvalue weighted by molar-refractivity contribution is 5.78. The number of ether oxygens (including phenoxy) is 1. The van der Waals surface area contributed by atoms with Crippen molar-refractivity contribution < 1.29 is 14.3 Å². The molecule has 2 saturated heterocycles. The second-order valence-electron chi connectivity index (χ2n) is 7.37. The van der Waals surface area contributed by atoms with Gasteiger partial charge in [0.25, 0.3) is 0 Å². The van der Waals surface area contributed by atoms with Gasteiger partial charge in [0.05, 0.1) is 6.61 Å².